The number of hydrogen-bond acceptors (Lipinski definition) is 2. The summed E-state index contributed by atoms with van der Waals surface area (Å²) in [5.41, 5.74) is 5.23. The Bertz CT molecular complexity index is 696. The van der Waals surface area contributed by atoms with Crippen LogP contribution < -0.4 is 0 Å². The molecule has 0 radical (unpaired) electrons. The number of amides is 1. The highest BCUT2D eigenvalue weighted by molar-refractivity contribution is 5.78. The highest BCUT2D eigenvalue weighted by atomic mass is 16.2. The van der Waals surface area contributed by atoms with Gasteiger partial charge in [0.2, 0.25) is 5.91 Å². The predicted octanol–water partition coefficient (Wildman–Crippen LogP) is 3.01. The van der Waals surface area contributed by atoms with Gasteiger partial charge >= 0.3 is 0 Å². The summed E-state index contributed by atoms with van der Waals surface area (Å²) in [6.07, 6.45) is 1.03. The van der Waals surface area contributed by atoms with E-state index in [1.54, 1.807) is 0 Å². The van der Waals surface area contributed by atoms with Crippen LogP contribution in [-0.2, 0) is 24.3 Å². The largest absolute Gasteiger partial charge is 0.340 e. The van der Waals surface area contributed by atoms with Crippen molar-refractivity contribution in [1.29, 1.82) is 0 Å². The molecular weight excluding hydrogens is 284 g/mol. The second-order valence-electron chi connectivity index (χ2n) is 6.41. The number of hydrogen-bond donors (Lipinski definition) is 0. The first-order valence-electron chi connectivity index (χ1n) is 8.21. The Balaban J connectivity index is 1.58. The van der Waals surface area contributed by atoms with Crippen molar-refractivity contribution in [3.8, 4) is 0 Å². The van der Waals surface area contributed by atoms with Crippen LogP contribution in [0.15, 0.2) is 48.5 Å². The highest BCUT2D eigenvalue weighted by Gasteiger charge is 2.20. The molecule has 0 aliphatic carbocycles. The first-order valence-corrected chi connectivity index (χ1v) is 8.21. The number of benzene rings is 2. The summed E-state index contributed by atoms with van der Waals surface area (Å²) < 4.78 is 0. The minimum Gasteiger partial charge on any atom is -0.340 e. The molecule has 1 heterocycles. The summed E-state index contributed by atoms with van der Waals surface area (Å²) in [6, 6.07) is 16.8. The average molecular weight is 308 g/mol. The number of fused-ring (bicyclic) bond motifs is 1. The Labute approximate surface area is 138 Å². The van der Waals surface area contributed by atoms with E-state index in [1.807, 2.05) is 24.1 Å². The fourth-order valence-electron chi connectivity index (χ4n) is 3.13. The van der Waals surface area contributed by atoms with Crippen molar-refractivity contribution in [3.63, 3.8) is 0 Å². The maximum atomic E-state index is 12.5. The minimum absolute atomic E-state index is 0.188. The maximum Gasteiger partial charge on any atom is 0.236 e. The van der Waals surface area contributed by atoms with Crippen LogP contribution in [0.1, 0.15) is 22.3 Å². The molecule has 3 heteroatoms. The number of likely N-dealkylation sites (N-methyl/N-ethyl adjacent to an activating group) is 1. The Morgan fingerprint density at radius 1 is 1.09 bits per heavy atom. The summed E-state index contributed by atoms with van der Waals surface area (Å²) >= 11 is 0. The third-order valence-corrected chi connectivity index (χ3v) is 4.66. The van der Waals surface area contributed by atoms with E-state index in [0.717, 1.165) is 19.5 Å². The van der Waals surface area contributed by atoms with Gasteiger partial charge in [-0.05, 0) is 35.6 Å². The first kappa shape index (κ1) is 15.8. The molecule has 3 nitrogen and oxygen atoms in total. The van der Waals surface area contributed by atoms with Gasteiger partial charge < -0.3 is 4.90 Å². The van der Waals surface area contributed by atoms with Gasteiger partial charge in [0.1, 0.15) is 0 Å². The zero-order valence-corrected chi connectivity index (χ0v) is 14.0. The molecule has 2 aromatic rings. The molecule has 23 heavy (non-hydrogen) atoms. The van der Waals surface area contributed by atoms with Gasteiger partial charge in [-0.3, -0.25) is 9.69 Å². The lowest BCUT2D eigenvalue weighted by Crippen LogP contribution is -2.40. The van der Waals surface area contributed by atoms with Crippen molar-refractivity contribution in [3.05, 3.63) is 70.8 Å². The fourth-order valence-corrected chi connectivity index (χ4v) is 3.13. The molecule has 0 fully saturated rings. The summed E-state index contributed by atoms with van der Waals surface area (Å²) in [5.74, 6) is 0.188. The molecule has 1 aliphatic heterocycles. The molecule has 0 unspecified atom stereocenters. The van der Waals surface area contributed by atoms with Gasteiger partial charge in [0.05, 0.1) is 6.54 Å². The fraction of sp³-hybridized carbons (Fsp3) is 0.350. The van der Waals surface area contributed by atoms with E-state index in [-0.39, 0.29) is 5.91 Å². The predicted molar refractivity (Wildman–Crippen MR) is 93.1 cm³/mol. The molecule has 0 bridgehead atoms. The van der Waals surface area contributed by atoms with E-state index in [4.69, 9.17) is 0 Å². The van der Waals surface area contributed by atoms with Crippen LogP contribution in [0.25, 0.3) is 0 Å². The number of aryl methyl sites for hydroxylation is 1. The van der Waals surface area contributed by atoms with E-state index >= 15 is 0 Å². The lowest BCUT2D eigenvalue weighted by molar-refractivity contribution is -0.131. The lowest BCUT2D eigenvalue weighted by Gasteiger charge is -2.29. The van der Waals surface area contributed by atoms with Crippen molar-refractivity contribution >= 4 is 5.91 Å². The smallest absolute Gasteiger partial charge is 0.236 e. The molecule has 0 N–H and O–H groups in total. The number of rotatable bonds is 4. The third-order valence-electron chi connectivity index (χ3n) is 4.66. The summed E-state index contributed by atoms with van der Waals surface area (Å²) in [7, 11) is 1.90. The zero-order chi connectivity index (χ0) is 16.2. The SMILES string of the molecule is Cc1ccccc1CN(C)C(=O)CN1CCc2ccccc2C1. The molecule has 3 rings (SSSR count). The van der Waals surface area contributed by atoms with Gasteiger partial charge in [-0.2, -0.15) is 0 Å². The van der Waals surface area contributed by atoms with Crippen LogP contribution in [0.2, 0.25) is 0 Å². The third kappa shape index (κ3) is 3.80. The second-order valence-corrected chi connectivity index (χ2v) is 6.41. The maximum absolute atomic E-state index is 12.5. The van der Waals surface area contributed by atoms with E-state index in [0.29, 0.717) is 13.1 Å². The van der Waals surface area contributed by atoms with Crippen molar-refractivity contribution in [2.45, 2.75) is 26.4 Å². The van der Waals surface area contributed by atoms with Crippen LogP contribution in [0.3, 0.4) is 0 Å². The van der Waals surface area contributed by atoms with Gasteiger partial charge in [-0.1, -0.05) is 48.5 Å². The van der Waals surface area contributed by atoms with Crippen molar-refractivity contribution in [2.24, 2.45) is 0 Å². The Morgan fingerprint density at radius 2 is 1.78 bits per heavy atom. The topological polar surface area (TPSA) is 23.6 Å². The summed E-state index contributed by atoms with van der Waals surface area (Å²) in [5, 5.41) is 0. The van der Waals surface area contributed by atoms with Gasteiger partial charge in [0.15, 0.2) is 0 Å². The Morgan fingerprint density at radius 3 is 2.57 bits per heavy atom. The number of nitrogens with zero attached hydrogens (tertiary/aromatic N) is 2. The monoisotopic (exact) mass is 308 g/mol. The van der Waals surface area contributed by atoms with Gasteiger partial charge in [-0.15, -0.1) is 0 Å². The van der Waals surface area contributed by atoms with Gasteiger partial charge in [0, 0.05) is 26.7 Å². The second kappa shape index (κ2) is 6.97. The van der Waals surface area contributed by atoms with E-state index in [1.165, 1.54) is 22.3 Å². The first-order chi connectivity index (χ1) is 11.1. The van der Waals surface area contributed by atoms with Crippen molar-refractivity contribution < 1.29 is 4.79 Å². The summed E-state index contributed by atoms with van der Waals surface area (Å²) in [6.45, 7) is 5.10. The Hall–Kier alpha value is -2.13. The molecule has 0 atom stereocenters. The molecule has 0 aromatic heterocycles. The van der Waals surface area contributed by atoms with Gasteiger partial charge in [0.25, 0.3) is 0 Å². The molecule has 0 saturated heterocycles. The lowest BCUT2D eigenvalue weighted by atomic mass is 10.00. The molecule has 1 amide bonds. The molecule has 120 valence electrons. The number of carbonyl (C=O) groups is 1. The van der Waals surface area contributed by atoms with Crippen molar-refractivity contribution in [1.82, 2.24) is 9.80 Å². The van der Waals surface area contributed by atoms with Crippen LogP contribution in [0, 0.1) is 6.92 Å². The van der Waals surface area contributed by atoms with Crippen LogP contribution in [0.4, 0.5) is 0 Å². The molecule has 1 aliphatic rings. The number of carbonyl (C=O) groups excluding carboxylic acids is 1. The average Bonchev–Trinajstić information content (AvgIpc) is 2.56. The van der Waals surface area contributed by atoms with Crippen LogP contribution in [-0.4, -0.2) is 35.8 Å². The van der Waals surface area contributed by atoms with E-state index < -0.39 is 0 Å². The molecule has 2 aromatic carbocycles. The zero-order valence-electron chi connectivity index (χ0n) is 14.0. The molecule has 0 spiro atoms. The Kier molecular flexibility index (Phi) is 4.77. The van der Waals surface area contributed by atoms with Gasteiger partial charge in [-0.25, -0.2) is 0 Å². The quantitative estimate of drug-likeness (QED) is 0.867. The van der Waals surface area contributed by atoms with Crippen molar-refractivity contribution in [2.75, 3.05) is 20.1 Å². The molecule has 0 saturated carbocycles. The molecular formula is C20H24N2O. The summed E-state index contributed by atoms with van der Waals surface area (Å²) in [4.78, 5) is 16.6. The van der Waals surface area contributed by atoms with E-state index in [9.17, 15) is 4.79 Å². The minimum atomic E-state index is 0.188. The highest BCUT2D eigenvalue weighted by Crippen LogP contribution is 2.18. The standard InChI is InChI=1S/C20H24N2O/c1-16-7-3-4-9-18(16)13-21(2)20(23)15-22-12-11-17-8-5-6-10-19(17)14-22/h3-10H,11-15H2,1-2H3. The van der Waals surface area contributed by atoms with Crippen LogP contribution >= 0.6 is 0 Å². The van der Waals surface area contributed by atoms with E-state index in [2.05, 4.69) is 48.2 Å². The normalized spacial score (nSPS) is 14.3. The van der Waals surface area contributed by atoms with Crippen LogP contribution in [0.5, 0.6) is 0 Å².